The summed E-state index contributed by atoms with van der Waals surface area (Å²) in [6.45, 7) is 6.58. The van der Waals surface area contributed by atoms with Crippen LogP contribution >= 0.6 is 0 Å². The number of carboxylic acid groups (broad SMARTS) is 1. The van der Waals surface area contributed by atoms with Crippen LogP contribution in [0.2, 0.25) is 0 Å². The van der Waals surface area contributed by atoms with E-state index in [0.29, 0.717) is 26.1 Å². The molecular formula is C13H21NO5. The second-order valence-electron chi connectivity index (χ2n) is 6.28. The van der Waals surface area contributed by atoms with Gasteiger partial charge in [0.25, 0.3) is 0 Å². The molecule has 2 fully saturated rings. The van der Waals surface area contributed by atoms with E-state index in [1.165, 1.54) is 4.90 Å². The number of likely N-dealkylation sites (tertiary alicyclic amines) is 1. The van der Waals surface area contributed by atoms with Crippen LogP contribution in [0, 0.1) is 5.92 Å². The number of amides is 1. The van der Waals surface area contributed by atoms with Gasteiger partial charge in [0.05, 0.1) is 19.0 Å². The number of rotatable bonds is 1. The molecule has 2 aliphatic rings. The van der Waals surface area contributed by atoms with E-state index < -0.39 is 29.2 Å². The summed E-state index contributed by atoms with van der Waals surface area (Å²) in [5.74, 6) is -1.37. The minimum absolute atomic E-state index is 0.304. The van der Waals surface area contributed by atoms with Crippen LogP contribution in [0.5, 0.6) is 0 Å². The smallest absolute Gasteiger partial charge is 0.410 e. The first-order chi connectivity index (χ1) is 8.73. The molecule has 0 aromatic rings. The van der Waals surface area contributed by atoms with Crippen LogP contribution < -0.4 is 0 Å². The van der Waals surface area contributed by atoms with Gasteiger partial charge in [0, 0.05) is 6.61 Å². The number of ether oxygens (including phenoxy) is 2. The summed E-state index contributed by atoms with van der Waals surface area (Å²) in [6, 6.07) is 0. The number of carbonyl (C=O) groups is 2. The molecule has 2 rings (SSSR count). The standard InChI is InChI=1S/C13H21NO5/c1-12(2,3)19-11(17)14-7-13(8-14)9(10(15)16)5-4-6-18-13/h9H,4-8H2,1-3H3,(H,15,16). The predicted octanol–water partition coefficient (Wildman–Crippen LogP) is 1.49. The number of hydrogen-bond donors (Lipinski definition) is 1. The van der Waals surface area contributed by atoms with Crippen LogP contribution in [0.1, 0.15) is 33.6 Å². The largest absolute Gasteiger partial charge is 0.481 e. The zero-order chi connectivity index (χ0) is 14.3. The number of carbonyl (C=O) groups excluding carboxylic acids is 1. The van der Waals surface area contributed by atoms with E-state index in [0.717, 1.165) is 6.42 Å². The lowest BCUT2D eigenvalue weighted by atomic mass is 9.76. The van der Waals surface area contributed by atoms with Gasteiger partial charge in [-0.25, -0.2) is 4.79 Å². The van der Waals surface area contributed by atoms with Crippen molar-refractivity contribution in [3.8, 4) is 0 Å². The van der Waals surface area contributed by atoms with E-state index >= 15 is 0 Å². The van der Waals surface area contributed by atoms with Gasteiger partial charge in [0.1, 0.15) is 11.2 Å². The van der Waals surface area contributed by atoms with Crippen LogP contribution in [-0.4, -0.2) is 53.0 Å². The number of hydrogen-bond acceptors (Lipinski definition) is 4. The quantitative estimate of drug-likeness (QED) is 0.782. The fourth-order valence-electron chi connectivity index (χ4n) is 2.64. The zero-order valence-corrected chi connectivity index (χ0v) is 11.6. The number of nitrogens with zero attached hydrogens (tertiary/aromatic N) is 1. The highest BCUT2D eigenvalue weighted by Crippen LogP contribution is 2.39. The van der Waals surface area contributed by atoms with E-state index in [2.05, 4.69) is 0 Å². The molecule has 1 N–H and O–H groups in total. The Morgan fingerprint density at radius 2 is 2.00 bits per heavy atom. The summed E-state index contributed by atoms with van der Waals surface area (Å²) >= 11 is 0. The van der Waals surface area contributed by atoms with Gasteiger partial charge >= 0.3 is 12.1 Å². The van der Waals surface area contributed by atoms with Crippen LogP contribution in [0.25, 0.3) is 0 Å². The predicted molar refractivity (Wildman–Crippen MR) is 66.8 cm³/mol. The molecule has 2 aliphatic heterocycles. The summed E-state index contributed by atoms with van der Waals surface area (Å²) in [6.07, 6.45) is 0.958. The van der Waals surface area contributed by atoms with Crippen LogP contribution in [0.3, 0.4) is 0 Å². The molecule has 0 aliphatic carbocycles. The third-order valence-electron chi connectivity index (χ3n) is 3.53. The average molecular weight is 271 g/mol. The van der Waals surface area contributed by atoms with E-state index in [-0.39, 0.29) is 0 Å². The van der Waals surface area contributed by atoms with Crippen LogP contribution in [0.4, 0.5) is 4.79 Å². The Morgan fingerprint density at radius 1 is 1.37 bits per heavy atom. The molecule has 1 atom stereocenters. The van der Waals surface area contributed by atoms with Gasteiger partial charge in [-0.1, -0.05) is 0 Å². The molecule has 0 aromatic carbocycles. The second-order valence-corrected chi connectivity index (χ2v) is 6.28. The minimum Gasteiger partial charge on any atom is -0.481 e. The Kier molecular flexibility index (Phi) is 3.47. The van der Waals surface area contributed by atoms with Gasteiger partial charge in [0.15, 0.2) is 0 Å². The van der Waals surface area contributed by atoms with Crippen LogP contribution in [0.15, 0.2) is 0 Å². The van der Waals surface area contributed by atoms with Crippen molar-refractivity contribution in [2.24, 2.45) is 5.92 Å². The maximum Gasteiger partial charge on any atom is 0.410 e. The Morgan fingerprint density at radius 3 is 2.53 bits per heavy atom. The first kappa shape index (κ1) is 14.1. The normalized spacial score (nSPS) is 25.8. The molecule has 2 saturated heterocycles. The molecule has 6 nitrogen and oxygen atoms in total. The summed E-state index contributed by atoms with van der Waals surface area (Å²) in [5.41, 5.74) is -1.25. The van der Waals surface area contributed by atoms with E-state index in [4.69, 9.17) is 9.47 Å². The van der Waals surface area contributed by atoms with Crippen molar-refractivity contribution in [3.63, 3.8) is 0 Å². The highest BCUT2D eigenvalue weighted by Gasteiger charge is 2.56. The number of aliphatic carboxylic acids is 1. The fourth-order valence-corrected chi connectivity index (χ4v) is 2.64. The second kappa shape index (κ2) is 4.67. The average Bonchev–Trinajstić information content (AvgIpc) is 2.23. The summed E-state index contributed by atoms with van der Waals surface area (Å²) in [5, 5.41) is 9.24. The molecule has 1 spiro atoms. The molecular weight excluding hydrogens is 250 g/mol. The third-order valence-corrected chi connectivity index (χ3v) is 3.53. The first-order valence-electron chi connectivity index (χ1n) is 6.58. The topological polar surface area (TPSA) is 76.1 Å². The van der Waals surface area contributed by atoms with Crippen molar-refractivity contribution in [3.05, 3.63) is 0 Å². The van der Waals surface area contributed by atoms with E-state index in [1.54, 1.807) is 20.8 Å². The molecule has 0 bridgehead atoms. The lowest BCUT2D eigenvalue weighted by Crippen LogP contribution is -2.70. The molecule has 0 aromatic heterocycles. The molecule has 108 valence electrons. The maximum absolute atomic E-state index is 11.8. The Labute approximate surface area is 112 Å². The molecule has 1 amide bonds. The van der Waals surface area contributed by atoms with E-state index in [1.807, 2.05) is 0 Å². The Hall–Kier alpha value is -1.30. The lowest BCUT2D eigenvalue weighted by Gasteiger charge is -2.53. The highest BCUT2D eigenvalue weighted by atomic mass is 16.6. The van der Waals surface area contributed by atoms with E-state index in [9.17, 15) is 14.7 Å². The molecule has 2 heterocycles. The van der Waals surface area contributed by atoms with Crippen LogP contribution in [-0.2, 0) is 14.3 Å². The zero-order valence-electron chi connectivity index (χ0n) is 11.6. The van der Waals surface area contributed by atoms with Gasteiger partial charge in [-0.05, 0) is 33.6 Å². The maximum atomic E-state index is 11.8. The summed E-state index contributed by atoms with van der Waals surface area (Å²) in [7, 11) is 0. The monoisotopic (exact) mass is 271 g/mol. The van der Waals surface area contributed by atoms with Crippen molar-refractivity contribution in [1.29, 1.82) is 0 Å². The highest BCUT2D eigenvalue weighted by molar-refractivity contribution is 5.74. The first-order valence-corrected chi connectivity index (χ1v) is 6.58. The van der Waals surface area contributed by atoms with Gasteiger partial charge in [0.2, 0.25) is 0 Å². The summed E-state index contributed by atoms with van der Waals surface area (Å²) in [4.78, 5) is 24.6. The van der Waals surface area contributed by atoms with Gasteiger partial charge < -0.3 is 19.5 Å². The number of carboxylic acids is 1. The molecule has 0 saturated carbocycles. The summed E-state index contributed by atoms with van der Waals surface area (Å²) < 4.78 is 10.9. The molecule has 0 radical (unpaired) electrons. The van der Waals surface area contributed by atoms with Gasteiger partial charge in [-0.3, -0.25) is 4.79 Å². The Bertz CT molecular complexity index is 381. The van der Waals surface area contributed by atoms with Gasteiger partial charge in [-0.2, -0.15) is 0 Å². The Balaban J connectivity index is 1.96. The lowest BCUT2D eigenvalue weighted by molar-refractivity contribution is -0.203. The molecule has 6 heteroatoms. The minimum atomic E-state index is -0.844. The van der Waals surface area contributed by atoms with Crippen molar-refractivity contribution in [1.82, 2.24) is 4.90 Å². The third kappa shape index (κ3) is 2.83. The SMILES string of the molecule is CC(C)(C)OC(=O)N1CC2(C1)OCCCC2C(=O)O. The molecule has 19 heavy (non-hydrogen) atoms. The van der Waals surface area contributed by atoms with Crippen molar-refractivity contribution in [2.75, 3.05) is 19.7 Å². The fraction of sp³-hybridized carbons (Fsp3) is 0.846. The van der Waals surface area contributed by atoms with Crippen molar-refractivity contribution >= 4 is 12.1 Å². The van der Waals surface area contributed by atoms with Gasteiger partial charge in [-0.15, -0.1) is 0 Å². The van der Waals surface area contributed by atoms with Crippen molar-refractivity contribution in [2.45, 2.75) is 44.8 Å². The van der Waals surface area contributed by atoms with Crippen molar-refractivity contribution < 1.29 is 24.2 Å². The molecule has 1 unspecified atom stereocenters.